The fourth-order valence-electron chi connectivity index (χ4n) is 2.10. The lowest BCUT2D eigenvalue weighted by molar-refractivity contribution is 0.267. The topological polar surface area (TPSA) is 9.23 Å². The second kappa shape index (κ2) is 6.09. The maximum atomic E-state index is 5.65. The highest BCUT2D eigenvalue weighted by Gasteiger charge is 2.19. The number of alkyl halides is 1. The number of allylic oxidation sites excluding steroid dienone is 2. The Morgan fingerprint density at radius 3 is 3.06 bits per heavy atom. The molecule has 16 heavy (non-hydrogen) atoms. The van der Waals surface area contributed by atoms with Crippen LogP contribution in [0.25, 0.3) is 0 Å². The summed E-state index contributed by atoms with van der Waals surface area (Å²) in [5.74, 6) is 1.71. The van der Waals surface area contributed by atoms with Crippen molar-refractivity contribution in [1.29, 1.82) is 0 Å². The van der Waals surface area contributed by atoms with E-state index in [4.69, 9.17) is 4.74 Å². The van der Waals surface area contributed by atoms with Gasteiger partial charge in [-0.05, 0) is 36.8 Å². The number of benzene rings is 1. The van der Waals surface area contributed by atoms with E-state index in [-0.39, 0.29) is 0 Å². The molecule has 0 bridgehead atoms. The first-order chi connectivity index (χ1) is 7.92. The van der Waals surface area contributed by atoms with Crippen LogP contribution in [0.4, 0.5) is 0 Å². The molecule has 86 valence electrons. The third-order valence-corrected chi connectivity index (χ3v) is 3.40. The van der Waals surface area contributed by atoms with Gasteiger partial charge in [-0.25, -0.2) is 0 Å². The van der Waals surface area contributed by atoms with Crippen LogP contribution in [-0.4, -0.2) is 11.9 Å². The highest BCUT2D eigenvalue weighted by atomic mass is 79.9. The molecule has 0 aliphatic carbocycles. The van der Waals surface area contributed by atoms with Crippen LogP contribution in [0.2, 0.25) is 0 Å². The van der Waals surface area contributed by atoms with Crippen LogP contribution in [0.5, 0.6) is 5.75 Å². The summed E-state index contributed by atoms with van der Waals surface area (Å²) in [6.07, 6.45) is 7.94. The van der Waals surface area contributed by atoms with E-state index in [9.17, 15) is 0 Å². The van der Waals surface area contributed by atoms with E-state index in [1.165, 1.54) is 5.56 Å². The summed E-state index contributed by atoms with van der Waals surface area (Å²) < 4.78 is 5.65. The Kier molecular flexibility index (Phi) is 4.46. The van der Waals surface area contributed by atoms with Gasteiger partial charge in [-0.2, -0.15) is 0 Å². The van der Waals surface area contributed by atoms with Crippen molar-refractivity contribution in [2.24, 2.45) is 0 Å². The Hall–Kier alpha value is -0.760. The van der Waals surface area contributed by atoms with Crippen LogP contribution in [0, 0.1) is 0 Å². The van der Waals surface area contributed by atoms with E-state index in [0.29, 0.717) is 5.92 Å². The molecule has 0 radical (unpaired) electrons. The van der Waals surface area contributed by atoms with Crippen molar-refractivity contribution in [3.63, 3.8) is 0 Å². The summed E-state index contributed by atoms with van der Waals surface area (Å²) in [5.41, 5.74) is 1.37. The molecule has 0 amide bonds. The minimum absolute atomic E-state index is 0.636. The van der Waals surface area contributed by atoms with Crippen LogP contribution in [-0.2, 0) is 0 Å². The summed E-state index contributed by atoms with van der Waals surface area (Å²) in [6.45, 7) is 0.855. The first kappa shape index (κ1) is 11.7. The predicted octanol–water partition coefficient (Wildman–Crippen LogP) is 4.28. The monoisotopic (exact) mass is 280 g/mol. The fraction of sp³-hybridized carbons (Fsp3) is 0.429. The van der Waals surface area contributed by atoms with Gasteiger partial charge in [0.25, 0.3) is 0 Å². The van der Waals surface area contributed by atoms with Gasteiger partial charge in [0, 0.05) is 5.33 Å². The summed E-state index contributed by atoms with van der Waals surface area (Å²) in [7, 11) is 0. The Balaban J connectivity index is 2.01. The second-order valence-electron chi connectivity index (χ2n) is 4.06. The van der Waals surface area contributed by atoms with Crippen molar-refractivity contribution < 1.29 is 4.74 Å². The molecule has 2 rings (SSSR count). The average molecular weight is 281 g/mol. The van der Waals surface area contributed by atoms with Gasteiger partial charge in [0.05, 0.1) is 6.61 Å². The predicted molar refractivity (Wildman–Crippen MR) is 71.5 cm³/mol. The lowest BCUT2D eigenvalue weighted by atomic mass is 9.90. The minimum atomic E-state index is 0.636. The van der Waals surface area contributed by atoms with Crippen molar-refractivity contribution in [2.75, 3.05) is 11.9 Å². The molecule has 1 heterocycles. The SMILES string of the molecule is BrCC/C=C/CC1CCOc2ccccc21. The maximum Gasteiger partial charge on any atom is 0.122 e. The van der Waals surface area contributed by atoms with Gasteiger partial charge in [0.15, 0.2) is 0 Å². The van der Waals surface area contributed by atoms with E-state index in [1.807, 2.05) is 6.07 Å². The normalized spacial score (nSPS) is 19.4. The maximum absolute atomic E-state index is 5.65. The molecule has 1 aromatic rings. The van der Waals surface area contributed by atoms with Crippen LogP contribution in [0.15, 0.2) is 36.4 Å². The number of fused-ring (bicyclic) bond motifs is 1. The molecule has 0 spiro atoms. The first-order valence-electron chi connectivity index (χ1n) is 5.84. The summed E-state index contributed by atoms with van der Waals surface area (Å²) in [5, 5.41) is 1.05. The number of hydrogen-bond acceptors (Lipinski definition) is 1. The molecule has 1 atom stereocenters. The summed E-state index contributed by atoms with van der Waals surface area (Å²) in [4.78, 5) is 0. The van der Waals surface area contributed by atoms with Gasteiger partial charge in [-0.15, -0.1) is 0 Å². The Morgan fingerprint density at radius 1 is 1.31 bits per heavy atom. The van der Waals surface area contributed by atoms with Crippen LogP contribution < -0.4 is 4.74 Å². The number of halogens is 1. The molecule has 0 N–H and O–H groups in total. The lowest BCUT2D eigenvalue weighted by Crippen LogP contribution is -2.13. The standard InChI is InChI=1S/C14H17BrO/c15-10-5-1-2-6-12-9-11-16-14-8-4-3-7-13(12)14/h1-4,7-8,12H,5-6,9-11H2/b2-1+. The summed E-state index contributed by atoms with van der Waals surface area (Å²) >= 11 is 3.43. The Bertz CT molecular complexity index is 360. The number of ether oxygens (including phenoxy) is 1. The zero-order valence-electron chi connectivity index (χ0n) is 9.36. The van der Waals surface area contributed by atoms with Crippen LogP contribution in [0.3, 0.4) is 0 Å². The molecule has 1 aliphatic heterocycles. The van der Waals surface area contributed by atoms with Crippen molar-refractivity contribution in [3.8, 4) is 5.75 Å². The third kappa shape index (κ3) is 2.88. The quantitative estimate of drug-likeness (QED) is 0.591. The van der Waals surface area contributed by atoms with Gasteiger partial charge >= 0.3 is 0 Å². The zero-order chi connectivity index (χ0) is 11.2. The smallest absolute Gasteiger partial charge is 0.122 e. The van der Waals surface area contributed by atoms with Gasteiger partial charge < -0.3 is 4.74 Å². The van der Waals surface area contributed by atoms with E-state index >= 15 is 0 Å². The van der Waals surface area contributed by atoms with Crippen LogP contribution >= 0.6 is 15.9 Å². The van der Waals surface area contributed by atoms with E-state index in [0.717, 1.165) is 36.9 Å². The lowest BCUT2D eigenvalue weighted by Gasteiger charge is -2.24. The highest BCUT2D eigenvalue weighted by Crippen LogP contribution is 2.35. The zero-order valence-corrected chi connectivity index (χ0v) is 10.9. The van der Waals surface area contributed by atoms with Crippen molar-refractivity contribution in [3.05, 3.63) is 42.0 Å². The van der Waals surface area contributed by atoms with Gasteiger partial charge in [-0.3, -0.25) is 0 Å². The summed E-state index contributed by atoms with van der Waals surface area (Å²) in [6, 6.07) is 8.41. The van der Waals surface area contributed by atoms with Crippen molar-refractivity contribution in [1.82, 2.24) is 0 Å². The van der Waals surface area contributed by atoms with Crippen molar-refractivity contribution in [2.45, 2.75) is 25.2 Å². The second-order valence-corrected chi connectivity index (χ2v) is 4.85. The first-order valence-corrected chi connectivity index (χ1v) is 6.96. The van der Waals surface area contributed by atoms with E-state index in [1.54, 1.807) is 0 Å². The average Bonchev–Trinajstić information content (AvgIpc) is 2.35. The van der Waals surface area contributed by atoms with Crippen molar-refractivity contribution >= 4 is 15.9 Å². The van der Waals surface area contributed by atoms with E-state index in [2.05, 4.69) is 46.3 Å². The molecule has 1 aliphatic rings. The number of rotatable bonds is 4. The molecular weight excluding hydrogens is 264 g/mol. The number of hydrogen-bond donors (Lipinski definition) is 0. The molecule has 1 aromatic carbocycles. The Labute approximate surface area is 106 Å². The van der Waals surface area contributed by atoms with E-state index < -0.39 is 0 Å². The number of para-hydroxylation sites is 1. The molecular formula is C14H17BrO. The van der Waals surface area contributed by atoms with Gasteiger partial charge in [0.2, 0.25) is 0 Å². The molecule has 0 saturated carbocycles. The molecule has 0 saturated heterocycles. The molecule has 0 fully saturated rings. The van der Waals surface area contributed by atoms with Crippen LogP contribution in [0.1, 0.15) is 30.7 Å². The largest absolute Gasteiger partial charge is 0.493 e. The van der Waals surface area contributed by atoms with Gasteiger partial charge in [-0.1, -0.05) is 46.3 Å². The molecule has 1 nitrogen and oxygen atoms in total. The molecule has 1 unspecified atom stereocenters. The Morgan fingerprint density at radius 2 is 2.19 bits per heavy atom. The molecule has 0 aromatic heterocycles. The minimum Gasteiger partial charge on any atom is -0.493 e. The fourth-order valence-corrected chi connectivity index (χ4v) is 2.37. The van der Waals surface area contributed by atoms with Gasteiger partial charge in [0.1, 0.15) is 5.75 Å². The third-order valence-electron chi connectivity index (χ3n) is 2.95. The molecule has 2 heteroatoms. The highest BCUT2D eigenvalue weighted by molar-refractivity contribution is 9.09.